The highest BCUT2D eigenvalue weighted by Gasteiger charge is 2.17. The van der Waals surface area contributed by atoms with E-state index >= 15 is 0 Å². The Balaban J connectivity index is 2.15. The Bertz CT molecular complexity index is 957. The quantitative estimate of drug-likeness (QED) is 0.718. The van der Waals surface area contributed by atoms with Gasteiger partial charge in [0, 0.05) is 5.69 Å². The minimum atomic E-state index is -0.493. The summed E-state index contributed by atoms with van der Waals surface area (Å²) < 4.78 is 5.83. The third kappa shape index (κ3) is 2.70. The molecule has 3 rings (SSSR count). The molecule has 3 heterocycles. The van der Waals surface area contributed by atoms with Gasteiger partial charge in [0.2, 0.25) is 0 Å². The number of pyridine rings is 1. The van der Waals surface area contributed by atoms with Gasteiger partial charge in [-0.1, -0.05) is 6.07 Å². The molecule has 0 amide bonds. The number of methoxy groups -OCH3 is 1. The van der Waals surface area contributed by atoms with Gasteiger partial charge in [-0.05, 0) is 26.0 Å². The van der Waals surface area contributed by atoms with E-state index in [0.717, 1.165) is 5.69 Å². The molecule has 0 radical (unpaired) electrons. The molecule has 0 aromatic carbocycles. The van der Waals surface area contributed by atoms with Crippen molar-refractivity contribution in [1.29, 1.82) is 0 Å². The summed E-state index contributed by atoms with van der Waals surface area (Å²) in [6.45, 7) is 3.54. The highest BCUT2D eigenvalue weighted by molar-refractivity contribution is 5.72. The molecule has 0 saturated heterocycles. The molecule has 0 fully saturated rings. The van der Waals surface area contributed by atoms with Crippen LogP contribution in [0.15, 0.2) is 23.0 Å². The van der Waals surface area contributed by atoms with E-state index < -0.39 is 5.97 Å². The molecule has 1 N–H and O–H groups in total. The molecule has 8 nitrogen and oxygen atoms in total. The number of aryl methyl sites for hydroxylation is 2. The summed E-state index contributed by atoms with van der Waals surface area (Å²) >= 11 is 0. The lowest BCUT2D eigenvalue weighted by Crippen LogP contribution is -2.24. The van der Waals surface area contributed by atoms with Crippen LogP contribution in [-0.2, 0) is 16.0 Å². The highest BCUT2D eigenvalue weighted by Crippen LogP contribution is 2.13. The molecule has 8 heteroatoms. The van der Waals surface area contributed by atoms with Crippen molar-refractivity contribution < 1.29 is 9.53 Å². The van der Waals surface area contributed by atoms with Crippen LogP contribution in [0.5, 0.6) is 0 Å². The first-order chi connectivity index (χ1) is 11.0. The average Bonchev–Trinajstić information content (AvgIpc) is 2.95. The molecule has 23 heavy (non-hydrogen) atoms. The summed E-state index contributed by atoms with van der Waals surface area (Å²) in [5.74, 6) is 0.180. The molecular formula is C15H15N5O3. The third-order valence-electron chi connectivity index (χ3n) is 3.47. The zero-order valence-electron chi connectivity index (χ0n) is 13.0. The van der Waals surface area contributed by atoms with E-state index in [1.54, 1.807) is 13.0 Å². The molecule has 118 valence electrons. The summed E-state index contributed by atoms with van der Waals surface area (Å²) in [5.41, 5.74) is 1.81. The minimum absolute atomic E-state index is 0.131. The fourth-order valence-electron chi connectivity index (χ4n) is 2.26. The Morgan fingerprint density at radius 1 is 1.26 bits per heavy atom. The molecule has 0 aliphatic carbocycles. The van der Waals surface area contributed by atoms with Crippen molar-refractivity contribution in [2.45, 2.75) is 20.3 Å². The number of rotatable bonds is 3. The van der Waals surface area contributed by atoms with E-state index in [1.165, 1.54) is 11.6 Å². The average molecular weight is 313 g/mol. The fraction of sp³-hybridized carbons (Fsp3) is 0.267. The minimum Gasteiger partial charge on any atom is -0.469 e. The van der Waals surface area contributed by atoms with Gasteiger partial charge >= 0.3 is 5.97 Å². The van der Waals surface area contributed by atoms with E-state index in [4.69, 9.17) is 0 Å². The van der Waals surface area contributed by atoms with Gasteiger partial charge in [-0.3, -0.25) is 14.7 Å². The van der Waals surface area contributed by atoms with Crippen LogP contribution >= 0.6 is 0 Å². The van der Waals surface area contributed by atoms with Gasteiger partial charge in [0.25, 0.3) is 11.3 Å². The zero-order chi connectivity index (χ0) is 16.6. The summed E-state index contributed by atoms with van der Waals surface area (Å²) in [6, 6.07) is 5.52. The molecule has 0 aliphatic heterocycles. The Hall–Kier alpha value is -3.03. The standard InChI is InChI=1S/C15H15N5O3/c1-8-5-4-6-11(16-8)13-18-15-17-9(2)10(7-12(21)23-3)14(22)20(15)19-13/h4-6H,7H2,1-3H3,(H,17,18,19). The van der Waals surface area contributed by atoms with Crippen LogP contribution in [0.1, 0.15) is 17.0 Å². The van der Waals surface area contributed by atoms with Gasteiger partial charge in [-0.15, -0.1) is 0 Å². The number of fused-ring (bicyclic) bond motifs is 1. The molecule has 0 spiro atoms. The van der Waals surface area contributed by atoms with Crippen LogP contribution in [0.2, 0.25) is 0 Å². The number of esters is 1. The van der Waals surface area contributed by atoms with Gasteiger partial charge in [-0.2, -0.15) is 9.50 Å². The Morgan fingerprint density at radius 3 is 2.74 bits per heavy atom. The maximum absolute atomic E-state index is 12.5. The second kappa shape index (κ2) is 5.64. The number of carbonyl (C=O) groups excluding carboxylic acids is 1. The number of ether oxygens (including phenoxy) is 1. The third-order valence-corrected chi connectivity index (χ3v) is 3.47. The van der Waals surface area contributed by atoms with Crippen molar-refractivity contribution in [3.63, 3.8) is 0 Å². The number of hydrogen-bond donors (Lipinski definition) is 1. The first-order valence-corrected chi connectivity index (χ1v) is 6.98. The second-order valence-corrected chi connectivity index (χ2v) is 5.11. The smallest absolute Gasteiger partial charge is 0.310 e. The molecule has 0 saturated carbocycles. The second-order valence-electron chi connectivity index (χ2n) is 5.11. The van der Waals surface area contributed by atoms with Crippen LogP contribution in [-0.4, -0.2) is 37.6 Å². The van der Waals surface area contributed by atoms with E-state index in [-0.39, 0.29) is 23.3 Å². The summed E-state index contributed by atoms with van der Waals surface area (Å²) in [4.78, 5) is 36.9. The van der Waals surface area contributed by atoms with Gasteiger partial charge in [0.05, 0.1) is 24.8 Å². The lowest BCUT2D eigenvalue weighted by molar-refractivity contribution is -0.139. The molecular weight excluding hydrogens is 298 g/mol. The van der Waals surface area contributed by atoms with E-state index in [2.05, 4.69) is 24.8 Å². The number of aromatic amines is 1. The predicted octanol–water partition coefficient (Wildman–Crippen LogP) is 0.812. The van der Waals surface area contributed by atoms with E-state index in [0.29, 0.717) is 17.2 Å². The summed E-state index contributed by atoms with van der Waals surface area (Å²) in [6.07, 6.45) is -0.131. The topological polar surface area (TPSA) is 102 Å². The predicted molar refractivity (Wildman–Crippen MR) is 82.0 cm³/mol. The van der Waals surface area contributed by atoms with Crippen molar-refractivity contribution in [1.82, 2.24) is 24.6 Å². The molecule has 0 bridgehead atoms. The number of H-pyrrole nitrogens is 1. The van der Waals surface area contributed by atoms with E-state index in [1.807, 2.05) is 19.1 Å². The lowest BCUT2D eigenvalue weighted by atomic mass is 10.2. The number of carbonyl (C=O) groups is 1. The SMILES string of the molecule is COC(=O)Cc1c(C)nc2nc(-c3cccc(C)n3)[nH]n2c1=O. The lowest BCUT2D eigenvalue weighted by Gasteiger charge is -2.03. The summed E-state index contributed by atoms with van der Waals surface area (Å²) in [5, 5.41) is 2.88. The van der Waals surface area contributed by atoms with Crippen molar-refractivity contribution in [3.8, 4) is 11.5 Å². The largest absolute Gasteiger partial charge is 0.469 e. The van der Waals surface area contributed by atoms with Gasteiger partial charge in [0.1, 0.15) is 5.69 Å². The highest BCUT2D eigenvalue weighted by atomic mass is 16.5. The van der Waals surface area contributed by atoms with Gasteiger partial charge < -0.3 is 4.74 Å². The normalized spacial score (nSPS) is 10.9. The number of nitrogens with zero attached hydrogens (tertiary/aromatic N) is 4. The van der Waals surface area contributed by atoms with Crippen molar-refractivity contribution in [2.75, 3.05) is 7.11 Å². The maximum Gasteiger partial charge on any atom is 0.310 e. The number of aromatic nitrogens is 5. The fourth-order valence-corrected chi connectivity index (χ4v) is 2.26. The Morgan fingerprint density at radius 2 is 2.04 bits per heavy atom. The van der Waals surface area contributed by atoms with Crippen LogP contribution in [0, 0.1) is 13.8 Å². The van der Waals surface area contributed by atoms with Crippen LogP contribution in [0.3, 0.4) is 0 Å². The van der Waals surface area contributed by atoms with Gasteiger partial charge in [0.15, 0.2) is 5.82 Å². The van der Waals surface area contributed by atoms with Crippen molar-refractivity contribution in [2.24, 2.45) is 0 Å². The molecule has 0 aliphatic rings. The first kappa shape index (κ1) is 14.9. The number of nitrogens with one attached hydrogen (secondary N) is 1. The van der Waals surface area contributed by atoms with Gasteiger partial charge in [-0.25, -0.2) is 9.97 Å². The van der Waals surface area contributed by atoms with Crippen LogP contribution in [0.25, 0.3) is 17.3 Å². The van der Waals surface area contributed by atoms with E-state index in [9.17, 15) is 9.59 Å². The number of hydrogen-bond acceptors (Lipinski definition) is 6. The van der Waals surface area contributed by atoms with Crippen LogP contribution in [0.4, 0.5) is 0 Å². The molecule has 3 aromatic heterocycles. The van der Waals surface area contributed by atoms with Crippen LogP contribution < -0.4 is 5.56 Å². The zero-order valence-corrected chi connectivity index (χ0v) is 13.0. The monoisotopic (exact) mass is 313 g/mol. The molecule has 3 aromatic rings. The maximum atomic E-state index is 12.5. The Kier molecular flexibility index (Phi) is 3.65. The van der Waals surface area contributed by atoms with Crippen molar-refractivity contribution in [3.05, 3.63) is 45.5 Å². The Labute approximate surface area is 131 Å². The molecule has 0 atom stereocenters. The molecule has 0 unspecified atom stereocenters. The van der Waals surface area contributed by atoms with Crippen molar-refractivity contribution >= 4 is 11.7 Å². The first-order valence-electron chi connectivity index (χ1n) is 6.98. The summed E-state index contributed by atoms with van der Waals surface area (Å²) in [7, 11) is 1.28.